The van der Waals surface area contributed by atoms with Crippen LogP contribution in [0.15, 0.2) is 4.79 Å². The van der Waals surface area contributed by atoms with E-state index in [1.165, 1.54) is 4.68 Å². The average molecular weight is 365 g/mol. The van der Waals surface area contributed by atoms with Crippen LogP contribution in [0.5, 0.6) is 0 Å². The summed E-state index contributed by atoms with van der Waals surface area (Å²) < 4.78 is 8.52. The average Bonchev–Trinajstić information content (AvgIpc) is 2.97. The molecule has 1 amide bonds. The fourth-order valence-electron chi connectivity index (χ4n) is 3.95. The molecule has 0 aromatic carbocycles. The van der Waals surface area contributed by atoms with Crippen molar-refractivity contribution in [2.45, 2.75) is 45.1 Å². The smallest absolute Gasteiger partial charge is 0.345 e. The van der Waals surface area contributed by atoms with Crippen LogP contribution in [0.4, 0.5) is 0 Å². The van der Waals surface area contributed by atoms with Gasteiger partial charge < -0.3 is 9.64 Å². The molecule has 0 N–H and O–H groups in total. The highest BCUT2D eigenvalue weighted by Gasteiger charge is 2.27. The number of hydrogen-bond donors (Lipinski definition) is 0. The molecule has 0 saturated carbocycles. The molecule has 2 fully saturated rings. The predicted molar refractivity (Wildman–Crippen MR) is 98.2 cm³/mol. The van der Waals surface area contributed by atoms with Crippen molar-refractivity contribution in [3.05, 3.63) is 16.3 Å². The van der Waals surface area contributed by atoms with Crippen LogP contribution in [-0.4, -0.2) is 76.0 Å². The third kappa shape index (κ3) is 4.35. The quantitative estimate of drug-likeness (QED) is 0.731. The Bertz CT molecular complexity index is 654. The normalized spacial score (nSPS) is 19.8. The molecule has 146 valence electrons. The number of carbonyl (C=O) groups is 1. The van der Waals surface area contributed by atoms with Gasteiger partial charge in [0.05, 0.1) is 13.2 Å². The van der Waals surface area contributed by atoms with E-state index in [-0.39, 0.29) is 17.5 Å². The molecule has 2 aliphatic rings. The van der Waals surface area contributed by atoms with Crippen molar-refractivity contribution in [2.75, 3.05) is 45.9 Å². The maximum atomic E-state index is 12.5. The molecular formula is C18H31N5O3. The summed E-state index contributed by atoms with van der Waals surface area (Å²) in [5.74, 6) is 1.39. The first-order chi connectivity index (χ1) is 12.6. The summed E-state index contributed by atoms with van der Waals surface area (Å²) in [7, 11) is 1.70. The molecule has 2 saturated heterocycles. The number of ether oxygens (including phenoxy) is 1. The monoisotopic (exact) mass is 365 g/mol. The molecule has 0 radical (unpaired) electrons. The number of amides is 1. The summed E-state index contributed by atoms with van der Waals surface area (Å²) in [5, 5.41) is 4.42. The standard InChI is InChI=1S/C18H31N5O3/c1-3-23-17(19-20(2)18(23)25)15-6-9-22(10-7-15)16(24)5-4-8-21-11-13-26-14-12-21/h15H,3-14H2,1-2H3. The molecule has 0 aliphatic carbocycles. The Morgan fingerprint density at radius 1 is 1.19 bits per heavy atom. The van der Waals surface area contributed by atoms with Crippen molar-refractivity contribution in [2.24, 2.45) is 7.05 Å². The summed E-state index contributed by atoms with van der Waals surface area (Å²) in [6, 6.07) is 0. The lowest BCUT2D eigenvalue weighted by Gasteiger charge is -2.32. The van der Waals surface area contributed by atoms with Crippen molar-refractivity contribution in [1.29, 1.82) is 0 Å². The Morgan fingerprint density at radius 2 is 1.88 bits per heavy atom. The number of aromatic nitrogens is 3. The van der Waals surface area contributed by atoms with Crippen LogP contribution in [0.3, 0.4) is 0 Å². The molecule has 2 aliphatic heterocycles. The van der Waals surface area contributed by atoms with Crippen LogP contribution in [0.25, 0.3) is 0 Å². The molecule has 3 heterocycles. The van der Waals surface area contributed by atoms with Gasteiger partial charge in [0.2, 0.25) is 5.91 Å². The van der Waals surface area contributed by atoms with E-state index in [1.54, 1.807) is 11.6 Å². The number of likely N-dealkylation sites (tertiary alicyclic amines) is 1. The lowest BCUT2D eigenvalue weighted by atomic mass is 9.95. The van der Waals surface area contributed by atoms with Crippen molar-refractivity contribution in [3.63, 3.8) is 0 Å². The van der Waals surface area contributed by atoms with Gasteiger partial charge in [0.1, 0.15) is 5.82 Å². The van der Waals surface area contributed by atoms with Crippen LogP contribution in [0.2, 0.25) is 0 Å². The zero-order chi connectivity index (χ0) is 18.5. The van der Waals surface area contributed by atoms with Gasteiger partial charge in [-0.3, -0.25) is 14.3 Å². The second-order valence-corrected chi connectivity index (χ2v) is 7.22. The summed E-state index contributed by atoms with van der Waals surface area (Å²) in [4.78, 5) is 28.9. The van der Waals surface area contributed by atoms with E-state index in [2.05, 4.69) is 10.00 Å². The second-order valence-electron chi connectivity index (χ2n) is 7.22. The number of hydrogen-bond acceptors (Lipinski definition) is 5. The van der Waals surface area contributed by atoms with Crippen LogP contribution in [0.1, 0.15) is 44.3 Å². The van der Waals surface area contributed by atoms with Crippen LogP contribution in [0, 0.1) is 0 Å². The Balaban J connectivity index is 1.45. The van der Waals surface area contributed by atoms with Crippen LogP contribution >= 0.6 is 0 Å². The first-order valence-corrected chi connectivity index (χ1v) is 9.81. The summed E-state index contributed by atoms with van der Waals surface area (Å²) in [6.45, 7) is 8.66. The molecule has 8 nitrogen and oxygen atoms in total. The van der Waals surface area contributed by atoms with E-state index in [4.69, 9.17) is 4.74 Å². The van der Waals surface area contributed by atoms with Gasteiger partial charge in [-0.15, -0.1) is 0 Å². The van der Waals surface area contributed by atoms with E-state index in [9.17, 15) is 9.59 Å². The Hall–Kier alpha value is -1.67. The SMILES string of the molecule is CCn1c(C2CCN(C(=O)CCCN3CCOCC3)CC2)nn(C)c1=O. The van der Waals surface area contributed by atoms with Gasteiger partial charge in [-0.1, -0.05) is 0 Å². The third-order valence-corrected chi connectivity index (χ3v) is 5.53. The molecule has 0 bridgehead atoms. The summed E-state index contributed by atoms with van der Waals surface area (Å²) >= 11 is 0. The van der Waals surface area contributed by atoms with Gasteiger partial charge in [-0.05, 0) is 32.7 Å². The Kier molecular flexibility index (Phi) is 6.48. The Labute approximate surface area is 154 Å². The summed E-state index contributed by atoms with van der Waals surface area (Å²) in [6.07, 6.45) is 3.29. The van der Waals surface area contributed by atoms with Gasteiger partial charge in [0.25, 0.3) is 0 Å². The number of nitrogens with zero attached hydrogens (tertiary/aromatic N) is 5. The Morgan fingerprint density at radius 3 is 2.54 bits per heavy atom. The largest absolute Gasteiger partial charge is 0.379 e. The molecule has 8 heteroatoms. The highest BCUT2D eigenvalue weighted by atomic mass is 16.5. The van der Waals surface area contributed by atoms with Gasteiger partial charge >= 0.3 is 5.69 Å². The third-order valence-electron chi connectivity index (χ3n) is 5.53. The number of piperidine rings is 1. The van der Waals surface area contributed by atoms with E-state index in [0.29, 0.717) is 13.0 Å². The van der Waals surface area contributed by atoms with E-state index < -0.39 is 0 Å². The molecule has 0 atom stereocenters. The maximum absolute atomic E-state index is 12.5. The number of morpholine rings is 1. The van der Waals surface area contributed by atoms with E-state index in [1.807, 2.05) is 11.8 Å². The lowest BCUT2D eigenvalue weighted by molar-refractivity contribution is -0.132. The highest BCUT2D eigenvalue weighted by Crippen LogP contribution is 2.26. The molecule has 1 aromatic heterocycles. The number of aryl methyl sites for hydroxylation is 1. The number of rotatable bonds is 6. The maximum Gasteiger partial charge on any atom is 0.345 e. The fourth-order valence-corrected chi connectivity index (χ4v) is 3.95. The second kappa shape index (κ2) is 8.81. The van der Waals surface area contributed by atoms with Crippen LogP contribution < -0.4 is 5.69 Å². The number of carbonyl (C=O) groups excluding carboxylic acids is 1. The molecule has 0 spiro atoms. The molecule has 0 unspecified atom stereocenters. The first-order valence-electron chi connectivity index (χ1n) is 9.81. The van der Waals surface area contributed by atoms with Gasteiger partial charge in [-0.2, -0.15) is 5.10 Å². The van der Waals surface area contributed by atoms with Crippen molar-refractivity contribution < 1.29 is 9.53 Å². The van der Waals surface area contributed by atoms with Gasteiger partial charge in [0.15, 0.2) is 0 Å². The van der Waals surface area contributed by atoms with Crippen molar-refractivity contribution in [1.82, 2.24) is 24.1 Å². The summed E-state index contributed by atoms with van der Waals surface area (Å²) in [5.41, 5.74) is -0.0517. The van der Waals surface area contributed by atoms with Gasteiger partial charge in [-0.25, -0.2) is 9.48 Å². The minimum Gasteiger partial charge on any atom is -0.379 e. The molecular weight excluding hydrogens is 334 g/mol. The minimum absolute atomic E-state index is 0.0517. The van der Waals surface area contributed by atoms with E-state index in [0.717, 1.165) is 71.0 Å². The lowest BCUT2D eigenvalue weighted by Crippen LogP contribution is -2.40. The highest BCUT2D eigenvalue weighted by molar-refractivity contribution is 5.76. The van der Waals surface area contributed by atoms with Gasteiger partial charge in [0, 0.05) is 52.1 Å². The fraction of sp³-hybridized carbons (Fsp3) is 0.833. The van der Waals surface area contributed by atoms with E-state index >= 15 is 0 Å². The molecule has 1 aromatic rings. The zero-order valence-electron chi connectivity index (χ0n) is 16.0. The molecule has 3 rings (SSSR count). The first kappa shape index (κ1) is 19.1. The molecule has 26 heavy (non-hydrogen) atoms. The minimum atomic E-state index is -0.0517. The predicted octanol–water partition coefficient (Wildman–Crippen LogP) is 0.420. The van der Waals surface area contributed by atoms with Crippen LogP contribution in [-0.2, 0) is 23.1 Å². The van der Waals surface area contributed by atoms with Crippen molar-refractivity contribution in [3.8, 4) is 0 Å². The topological polar surface area (TPSA) is 72.6 Å². The van der Waals surface area contributed by atoms with Crippen molar-refractivity contribution >= 4 is 5.91 Å². The zero-order valence-corrected chi connectivity index (χ0v) is 16.0.